The van der Waals surface area contributed by atoms with E-state index in [2.05, 4.69) is 0 Å². The first-order valence-corrected chi connectivity index (χ1v) is 10.1. The first kappa shape index (κ1) is 21.3. The molecule has 0 amide bonds. The zero-order chi connectivity index (χ0) is 19.9. The van der Waals surface area contributed by atoms with Crippen molar-refractivity contribution in [3.8, 4) is 0 Å². The van der Waals surface area contributed by atoms with Crippen LogP contribution in [0.15, 0.2) is 60.7 Å². The monoisotopic (exact) mass is 392 g/mol. The Morgan fingerprint density at radius 2 is 1.37 bits per heavy atom. The molecule has 0 bridgehead atoms. The Balaban J connectivity index is 2.20. The van der Waals surface area contributed by atoms with Crippen molar-refractivity contribution in [2.24, 2.45) is 5.92 Å². The lowest BCUT2D eigenvalue weighted by molar-refractivity contribution is -0.160. The van der Waals surface area contributed by atoms with E-state index in [1.165, 1.54) is 6.92 Å². The third-order valence-corrected chi connectivity index (χ3v) is 5.79. The van der Waals surface area contributed by atoms with Crippen LogP contribution in [0, 0.1) is 5.92 Å². The molecule has 2 aromatic carbocycles. The fourth-order valence-corrected chi connectivity index (χ4v) is 3.72. The summed E-state index contributed by atoms with van der Waals surface area (Å²) in [4.78, 5) is 11.7. The van der Waals surface area contributed by atoms with Crippen molar-refractivity contribution in [1.82, 2.24) is 0 Å². The fraction of sp³-hybridized carbons (Fsp3) is 0.350. The normalized spacial score (nSPS) is 14.1. The lowest BCUT2D eigenvalue weighted by Gasteiger charge is -2.32. The molecule has 0 aromatic heterocycles. The average Bonchev–Trinajstić information content (AvgIpc) is 2.66. The van der Waals surface area contributed by atoms with Gasteiger partial charge >= 0.3 is 13.8 Å². The first-order chi connectivity index (χ1) is 12.8. The Kier molecular flexibility index (Phi) is 7.33. The smallest absolute Gasteiger partial charge is 0.476 e. The second kappa shape index (κ2) is 9.29. The van der Waals surface area contributed by atoms with E-state index in [4.69, 9.17) is 13.6 Å². The number of aliphatic carboxylic acids is 1. The highest BCUT2D eigenvalue weighted by atomic mass is 31.2. The quantitative estimate of drug-likeness (QED) is 0.570. The molecule has 0 aliphatic rings. The molecule has 27 heavy (non-hydrogen) atoms. The molecule has 1 atom stereocenters. The predicted octanol–water partition coefficient (Wildman–Crippen LogP) is 5.04. The lowest BCUT2D eigenvalue weighted by atomic mass is 9.93. The summed E-state index contributed by atoms with van der Waals surface area (Å²) in [5, 5.41) is 9.58. The average molecular weight is 392 g/mol. The van der Waals surface area contributed by atoms with Gasteiger partial charge in [-0.2, -0.15) is 0 Å². The first-order valence-electron chi connectivity index (χ1n) is 8.66. The summed E-state index contributed by atoms with van der Waals surface area (Å²) in [6.07, 6.45) is 0. The van der Waals surface area contributed by atoms with Gasteiger partial charge in [-0.05, 0) is 24.0 Å². The molecule has 146 valence electrons. The summed E-state index contributed by atoms with van der Waals surface area (Å²) in [6, 6.07) is 18.2. The molecule has 2 aromatic rings. The van der Waals surface area contributed by atoms with Gasteiger partial charge in [0.2, 0.25) is 0 Å². The number of phosphoric ester groups is 1. The summed E-state index contributed by atoms with van der Waals surface area (Å²) in [6.45, 7) is 4.66. The Morgan fingerprint density at radius 1 is 0.963 bits per heavy atom. The van der Waals surface area contributed by atoms with Crippen LogP contribution in [0.2, 0.25) is 0 Å². The molecule has 0 saturated heterocycles. The molecular formula is C20H25O6P. The highest BCUT2D eigenvalue weighted by molar-refractivity contribution is 7.48. The van der Waals surface area contributed by atoms with Crippen LogP contribution in [0.25, 0.3) is 0 Å². The van der Waals surface area contributed by atoms with Crippen LogP contribution >= 0.6 is 7.82 Å². The fourth-order valence-electron chi connectivity index (χ4n) is 2.17. The number of carboxylic acid groups (broad SMARTS) is 1. The molecule has 2 rings (SSSR count). The summed E-state index contributed by atoms with van der Waals surface area (Å²) in [5.41, 5.74) is -0.180. The minimum absolute atomic E-state index is 0.0271. The third-order valence-electron chi connectivity index (χ3n) is 4.29. The predicted molar refractivity (Wildman–Crippen MR) is 102 cm³/mol. The van der Waals surface area contributed by atoms with Crippen molar-refractivity contribution in [3.63, 3.8) is 0 Å². The second-order valence-corrected chi connectivity index (χ2v) is 8.22. The number of benzene rings is 2. The van der Waals surface area contributed by atoms with E-state index in [1.807, 2.05) is 36.4 Å². The van der Waals surface area contributed by atoms with Crippen LogP contribution in [0.4, 0.5) is 0 Å². The van der Waals surface area contributed by atoms with Gasteiger partial charge in [0.25, 0.3) is 0 Å². The van der Waals surface area contributed by atoms with Crippen LogP contribution in [-0.2, 0) is 36.1 Å². The van der Waals surface area contributed by atoms with Crippen LogP contribution in [-0.4, -0.2) is 16.7 Å². The van der Waals surface area contributed by atoms with E-state index in [9.17, 15) is 14.5 Å². The molecule has 0 aliphatic heterocycles. The highest BCUT2D eigenvalue weighted by Gasteiger charge is 2.46. The number of carboxylic acids is 1. The topological polar surface area (TPSA) is 82.1 Å². The second-order valence-electron chi connectivity index (χ2n) is 6.62. The van der Waals surface area contributed by atoms with Crippen LogP contribution < -0.4 is 0 Å². The van der Waals surface area contributed by atoms with Gasteiger partial charge in [-0.15, -0.1) is 0 Å². The molecule has 0 saturated carbocycles. The molecule has 0 spiro atoms. The van der Waals surface area contributed by atoms with E-state index in [1.54, 1.807) is 38.1 Å². The third kappa shape index (κ3) is 6.01. The number of phosphoric acid groups is 1. The molecule has 7 heteroatoms. The molecule has 0 aliphatic carbocycles. The van der Waals surface area contributed by atoms with Gasteiger partial charge in [0.05, 0.1) is 13.2 Å². The molecule has 0 heterocycles. The SMILES string of the molecule is CC(C)[C@](C)(OP(=O)(OCc1ccccc1)OCc1ccccc1)C(=O)O. The van der Waals surface area contributed by atoms with Gasteiger partial charge in [0, 0.05) is 0 Å². The van der Waals surface area contributed by atoms with Crippen LogP contribution in [0.5, 0.6) is 0 Å². The van der Waals surface area contributed by atoms with E-state index < -0.39 is 25.3 Å². The maximum absolute atomic E-state index is 13.3. The molecule has 0 fully saturated rings. The summed E-state index contributed by atoms with van der Waals surface area (Å²) < 4.78 is 29.7. The maximum Gasteiger partial charge on any atom is 0.476 e. The molecule has 0 radical (unpaired) electrons. The van der Waals surface area contributed by atoms with Crippen molar-refractivity contribution in [3.05, 3.63) is 71.8 Å². The maximum atomic E-state index is 13.3. The largest absolute Gasteiger partial charge is 0.479 e. The van der Waals surface area contributed by atoms with E-state index in [0.717, 1.165) is 11.1 Å². The van der Waals surface area contributed by atoms with Crippen molar-refractivity contribution < 1.29 is 28.0 Å². The van der Waals surface area contributed by atoms with Crippen molar-refractivity contribution in [2.45, 2.75) is 39.6 Å². The Morgan fingerprint density at radius 3 is 1.70 bits per heavy atom. The molecule has 0 unspecified atom stereocenters. The summed E-state index contributed by atoms with van der Waals surface area (Å²) in [7, 11) is -4.16. The number of hydrogen-bond acceptors (Lipinski definition) is 5. The highest BCUT2D eigenvalue weighted by Crippen LogP contribution is 2.55. The Hall–Kier alpha value is -1.98. The van der Waals surface area contributed by atoms with Gasteiger partial charge in [-0.3, -0.25) is 13.6 Å². The minimum atomic E-state index is -4.16. The zero-order valence-corrected chi connectivity index (χ0v) is 16.6. The lowest BCUT2D eigenvalue weighted by Crippen LogP contribution is -2.42. The minimum Gasteiger partial charge on any atom is -0.479 e. The van der Waals surface area contributed by atoms with Crippen LogP contribution in [0.1, 0.15) is 31.9 Å². The Labute approximate surface area is 159 Å². The number of rotatable bonds is 10. The standard InChI is InChI=1S/C20H25O6P/c1-16(2)20(3,19(21)22)26-27(23,24-14-17-10-6-4-7-11-17)25-15-18-12-8-5-9-13-18/h4-13,16H,14-15H2,1-3H3,(H,21,22)/t20-/m0/s1. The summed E-state index contributed by atoms with van der Waals surface area (Å²) >= 11 is 0. The summed E-state index contributed by atoms with van der Waals surface area (Å²) in [5.74, 6) is -1.69. The van der Waals surface area contributed by atoms with Gasteiger partial charge in [-0.1, -0.05) is 74.5 Å². The van der Waals surface area contributed by atoms with Crippen molar-refractivity contribution in [1.29, 1.82) is 0 Å². The zero-order valence-electron chi connectivity index (χ0n) is 15.7. The molecular weight excluding hydrogens is 367 g/mol. The molecule has 6 nitrogen and oxygen atoms in total. The number of hydrogen-bond donors (Lipinski definition) is 1. The van der Waals surface area contributed by atoms with E-state index in [-0.39, 0.29) is 13.2 Å². The molecule has 1 N–H and O–H groups in total. The van der Waals surface area contributed by atoms with Crippen LogP contribution in [0.3, 0.4) is 0 Å². The Bertz CT molecular complexity index is 730. The van der Waals surface area contributed by atoms with Crippen molar-refractivity contribution >= 4 is 13.8 Å². The van der Waals surface area contributed by atoms with E-state index >= 15 is 0 Å². The van der Waals surface area contributed by atoms with E-state index in [0.29, 0.717) is 0 Å². The van der Waals surface area contributed by atoms with Crippen molar-refractivity contribution in [2.75, 3.05) is 0 Å². The van der Waals surface area contributed by atoms with Gasteiger partial charge in [-0.25, -0.2) is 9.36 Å². The van der Waals surface area contributed by atoms with Gasteiger partial charge in [0.15, 0.2) is 5.60 Å². The van der Waals surface area contributed by atoms with Gasteiger partial charge in [0.1, 0.15) is 0 Å². The van der Waals surface area contributed by atoms with Gasteiger partial charge < -0.3 is 5.11 Å². The number of carbonyl (C=O) groups is 1.